The summed E-state index contributed by atoms with van der Waals surface area (Å²) < 4.78 is 1.80. The molecule has 3 N–H and O–H groups in total. The summed E-state index contributed by atoms with van der Waals surface area (Å²) in [4.78, 5) is 4.11. The van der Waals surface area contributed by atoms with Gasteiger partial charge in [0.1, 0.15) is 5.00 Å². The summed E-state index contributed by atoms with van der Waals surface area (Å²) in [6.45, 7) is 0.846. The van der Waals surface area contributed by atoms with Crippen molar-refractivity contribution < 1.29 is 0 Å². The molecule has 2 aromatic rings. The van der Waals surface area contributed by atoms with E-state index in [-0.39, 0.29) is 0 Å². The van der Waals surface area contributed by atoms with E-state index in [0.29, 0.717) is 0 Å². The summed E-state index contributed by atoms with van der Waals surface area (Å²) in [6.07, 6.45) is 6.49. The lowest BCUT2D eigenvalue weighted by molar-refractivity contribution is 0.767. The number of nitrogens with zero attached hydrogens (tertiary/aromatic N) is 3. The summed E-state index contributed by atoms with van der Waals surface area (Å²) >= 11 is 1.46. The number of nitrogen functional groups attached to an aromatic ring is 1. The molecule has 15 heavy (non-hydrogen) atoms. The van der Waals surface area contributed by atoms with E-state index < -0.39 is 0 Å². The normalized spacial score (nSPS) is 10.5. The van der Waals surface area contributed by atoms with Crippen molar-refractivity contribution in [3.05, 3.63) is 24.2 Å². The minimum atomic E-state index is 0.735. The smallest absolute Gasteiger partial charge is 0.184 e. The number of anilines is 2. The molecule has 5 nitrogen and oxygen atoms in total. The summed E-state index contributed by atoms with van der Waals surface area (Å²) in [5.41, 5.74) is 6.78. The van der Waals surface area contributed by atoms with Crippen LogP contribution in [0.3, 0.4) is 0 Å². The van der Waals surface area contributed by atoms with Crippen molar-refractivity contribution in [2.75, 3.05) is 17.6 Å². The third-order valence-electron chi connectivity index (χ3n) is 1.97. The number of nitrogens with two attached hydrogens (primary N) is 1. The molecule has 2 rings (SSSR count). The number of hydrogen-bond acceptors (Lipinski definition) is 5. The van der Waals surface area contributed by atoms with Gasteiger partial charge in [-0.3, -0.25) is 4.68 Å². The van der Waals surface area contributed by atoms with Gasteiger partial charge in [-0.05, 0) is 12.0 Å². The summed E-state index contributed by atoms with van der Waals surface area (Å²) in [7, 11) is 1.92. The predicted octanol–water partition coefficient (Wildman–Crippen LogP) is 1.11. The fraction of sp³-hybridized carbons (Fsp3) is 0.333. The molecule has 0 atom stereocenters. The van der Waals surface area contributed by atoms with Gasteiger partial charge in [-0.2, -0.15) is 5.10 Å². The molecule has 6 heteroatoms. The van der Waals surface area contributed by atoms with Crippen LogP contribution >= 0.6 is 11.3 Å². The topological polar surface area (TPSA) is 68.8 Å². The molecule has 0 bridgehead atoms. The molecule has 0 unspecified atom stereocenters. The second-order valence-electron chi connectivity index (χ2n) is 3.27. The van der Waals surface area contributed by atoms with Gasteiger partial charge in [-0.15, -0.1) is 0 Å². The van der Waals surface area contributed by atoms with E-state index in [1.54, 1.807) is 10.9 Å². The highest BCUT2D eigenvalue weighted by atomic mass is 32.1. The highest BCUT2D eigenvalue weighted by Crippen LogP contribution is 2.19. The molecule has 0 spiro atoms. The second kappa shape index (κ2) is 4.31. The zero-order valence-corrected chi connectivity index (χ0v) is 9.29. The van der Waals surface area contributed by atoms with Crippen LogP contribution in [0.5, 0.6) is 0 Å². The summed E-state index contributed by atoms with van der Waals surface area (Å²) in [6, 6.07) is 0. The van der Waals surface area contributed by atoms with E-state index in [4.69, 9.17) is 5.73 Å². The molecule has 2 aromatic heterocycles. The number of nitrogens with one attached hydrogen (secondary N) is 1. The van der Waals surface area contributed by atoms with Crippen molar-refractivity contribution in [2.24, 2.45) is 7.05 Å². The van der Waals surface area contributed by atoms with Crippen LogP contribution in [0.4, 0.5) is 10.1 Å². The molecule has 0 fully saturated rings. The Morgan fingerprint density at radius 3 is 3.00 bits per heavy atom. The maximum Gasteiger partial charge on any atom is 0.184 e. The van der Waals surface area contributed by atoms with Crippen LogP contribution in [0.1, 0.15) is 5.56 Å². The zero-order chi connectivity index (χ0) is 10.7. The fourth-order valence-electron chi connectivity index (χ4n) is 1.28. The van der Waals surface area contributed by atoms with Crippen LogP contribution in [-0.2, 0) is 13.5 Å². The Bertz CT molecular complexity index is 393. The SMILES string of the molecule is Cn1cc(CCNc2ncc(N)s2)cn1. The Kier molecular flexibility index (Phi) is 2.86. The van der Waals surface area contributed by atoms with E-state index in [2.05, 4.69) is 15.4 Å². The van der Waals surface area contributed by atoms with Crippen LogP contribution in [0.25, 0.3) is 0 Å². The van der Waals surface area contributed by atoms with Crippen LogP contribution in [0, 0.1) is 0 Å². The summed E-state index contributed by atoms with van der Waals surface area (Å²) in [5, 5.41) is 8.92. The lowest BCUT2D eigenvalue weighted by Crippen LogP contribution is -2.03. The first-order chi connectivity index (χ1) is 7.24. The molecule has 0 aliphatic heterocycles. The Morgan fingerprint density at radius 2 is 2.40 bits per heavy atom. The molecule has 0 aliphatic carbocycles. The van der Waals surface area contributed by atoms with E-state index >= 15 is 0 Å². The van der Waals surface area contributed by atoms with Crippen LogP contribution in [0.2, 0.25) is 0 Å². The fourth-order valence-corrected chi connectivity index (χ4v) is 1.89. The molecule has 0 saturated heterocycles. The number of rotatable bonds is 4. The second-order valence-corrected chi connectivity index (χ2v) is 4.33. The molecular weight excluding hydrogens is 210 g/mol. The molecular formula is C9H13N5S. The molecule has 0 saturated carbocycles. The first-order valence-electron chi connectivity index (χ1n) is 4.67. The third kappa shape index (κ3) is 2.69. The number of aromatic nitrogens is 3. The Morgan fingerprint density at radius 1 is 1.53 bits per heavy atom. The molecule has 0 aliphatic rings. The van der Waals surface area contributed by atoms with E-state index in [9.17, 15) is 0 Å². The third-order valence-corrected chi connectivity index (χ3v) is 2.76. The van der Waals surface area contributed by atoms with Crippen molar-refractivity contribution in [1.29, 1.82) is 0 Å². The molecule has 0 radical (unpaired) electrons. The van der Waals surface area contributed by atoms with Gasteiger partial charge in [-0.1, -0.05) is 11.3 Å². The van der Waals surface area contributed by atoms with E-state index in [1.165, 1.54) is 16.9 Å². The standard InChI is InChI=1S/C9H13N5S/c1-14-6-7(4-13-14)2-3-11-9-12-5-8(10)15-9/h4-6H,2-3,10H2,1H3,(H,11,12). The molecule has 80 valence electrons. The molecule has 2 heterocycles. The lowest BCUT2D eigenvalue weighted by Gasteiger charge is -1.99. The number of aryl methyl sites for hydroxylation is 1. The summed E-state index contributed by atoms with van der Waals surface area (Å²) in [5.74, 6) is 0. The number of hydrogen-bond donors (Lipinski definition) is 2. The van der Waals surface area contributed by atoms with Gasteiger partial charge in [0, 0.05) is 19.8 Å². The maximum atomic E-state index is 5.57. The molecule has 0 amide bonds. The average Bonchev–Trinajstić information content (AvgIpc) is 2.76. The lowest BCUT2D eigenvalue weighted by atomic mass is 10.2. The van der Waals surface area contributed by atoms with Crippen molar-refractivity contribution in [3.63, 3.8) is 0 Å². The first-order valence-corrected chi connectivity index (χ1v) is 5.48. The zero-order valence-electron chi connectivity index (χ0n) is 8.47. The Hall–Kier alpha value is -1.56. The van der Waals surface area contributed by atoms with Crippen molar-refractivity contribution >= 4 is 21.5 Å². The predicted molar refractivity (Wildman–Crippen MR) is 61.9 cm³/mol. The van der Waals surface area contributed by atoms with Gasteiger partial charge in [0.2, 0.25) is 0 Å². The highest BCUT2D eigenvalue weighted by molar-refractivity contribution is 7.19. The van der Waals surface area contributed by atoms with Crippen molar-refractivity contribution in [1.82, 2.24) is 14.8 Å². The maximum absolute atomic E-state index is 5.57. The quantitative estimate of drug-likeness (QED) is 0.814. The van der Waals surface area contributed by atoms with Gasteiger partial charge in [0.25, 0.3) is 0 Å². The average molecular weight is 223 g/mol. The van der Waals surface area contributed by atoms with Crippen molar-refractivity contribution in [3.8, 4) is 0 Å². The van der Waals surface area contributed by atoms with Crippen LogP contribution in [0.15, 0.2) is 18.6 Å². The van der Waals surface area contributed by atoms with Gasteiger partial charge in [-0.25, -0.2) is 4.98 Å². The Balaban J connectivity index is 1.80. The highest BCUT2D eigenvalue weighted by Gasteiger charge is 1.99. The van der Waals surface area contributed by atoms with Crippen LogP contribution < -0.4 is 11.1 Å². The first kappa shape index (κ1) is 9.97. The minimum absolute atomic E-state index is 0.735. The van der Waals surface area contributed by atoms with Crippen molar-refractivity contribution in [2.45, 2.75) is 6.42 Å². The van der Waals surface area contributed by atoms with Gasteiger partial charge in [0.05, 0.1) is 12.4 Å². The monoisotopic (exact) mass is 223 g/mol. The molecule has 0 aromatic carbocycles. The largest absolute Gasteiger partial charge is 0.389 e. The minimum Gasteiger partial charge on any atom is -0.389 e. The van der Waals surface area contributed by atoms with Gasteiger partial charge >= 0.3 is 0 Å². The number of thiazole rings is 1. The van der Waals surface area contributed by atoms with Crippen LogP contribution in [-0.4, -0.2) is 21.3 Å². The Labute approximate surface area is 91.9 Å². The van der Waals surface area contributed by atoms with E-state index in [1.807, 2.05) is 19.4 Å². The van der Waals surface area contributed by atoms with Gasteiger partial charge in [0.15, 0.2) is 5.13 Å². The van der Waals surface area contributed by atoms with Gasteiger partial charge < -0.3 is 11.1 Å². The van der Waals surface area contributed by atoms with E-state index in [0.717, 1.165) is 23.1 Å².